The molecule has 0 aliphatic heterocycles. The van der Waals surface area contributed by atoms with Crippen molar-refractivity contribution < 1.29 is 19.1 Å². The van der Waals surface area contributed by atoms with Gasteiger partial charge in [-0.2, -0.15) is 0 Å². The zero-order valence-electron chi connectivity index (χ0n) is 13.0. The van der Waals surface area contributed by atoms with E-state index >= 15 is 0 Å². The molecule has 0 aliphatic rings. The van der Waals surface area contributed by atoms with Crippen molar-refractivity contribution in [3.8, 4) is 0 Å². The fraction of sp³-hybridized carbons (Fsp3) is 0.294. The molecule has 6 heteroatoms. The molecular weight excluding hydrogens is 299 g/mol. The van der Waals surface area contributed by atoms with Crippen LogP contribution in [0.25, 0.3) is 0 Å². The lowest BCUT2D eigenvalue weighted by Crippen LogP contribution is -2.42. The van der Waals surface area contributed by atoms with Crippen molar-refractivity contribution >= 4 is 11.9 Å². The van der Waals surface area contributed by atoms with Crippen molar-refractivity contribution in [3.05, 3.63) is 58.9 Å². The third-order valence-electron chi connectivity index (χ3n) is 3.76. The van der Waals surface area contributed by atoms with Crippen molar-refractivity contribution in [2.45, 2.75) is 26.4 Å². The number of nitrogens with one attached hydrogen (secondary N) is 1. The van der Waals surface area contributed by atoms with Gasteiger partial charge in [-0.3, -0.25) is 4.79 Å². The van der Waals surface area contributed by atoms with Gasteiger partial charge in [-0.05, 0) is 25.5 Å². The fourth-order valence-electron chi connectivity index (χ4n) is 2.44. The van der Waals surface area contributed by atoms with E-state index in [1.807, 2.05) is 41.8 Å². The average Bonchev–Trinajstić information content (AvgIpc) is 2.81. The van der Waals surface area contributed by atoms with Gasteiger partial charge in [0.25, 0.3) is 5.91 Å². The zero-order chi connectivity index (χ0) is 17.0. The number of carboxylic acids is 1. The molecule has 0 aliphatic carbocycles. The first kappa shape index (κ1) is 16.7. The summed E-state index contributed by atoms with van der Waals surface area (Å²) in [6, 6.07) is 9.95. The minimum absolute atomic E-state index is 0.359. The lowest BCUT2D eigenvalue weighted by Gasteiger charge is -2.12. The SMILES string of the molecule is Cc1cc(C(=O)NC(CF)C(=O)O)c(C)n1Cc1ccccc1. The summed E-state index contributed by atoms with van der Waals surface area (Å²) in [5.41, 5.74) is 3.04. The van der Waals surface area contributed by atoms with E-state index in [1.165, 1.54) is 0 Å². The van der Waals surface area contributed by atoms with Gasteiger partial charge in [-0.25, -0.2) is 9.18 Å². The second-order valence-electron chi connectivity index (χ2n) is 5.38. The minimum Gasteiger partial charge on any atom is -0.480 e. The van der Waals surface area contributed by atoms with Crippen LogP contribution in [0.3, 0.4) is 0 Å². The lowest BCUT2D eigenvalue weighted by atomic mass is 10.2. The molecule has 23 heavy (non-hydrogen) atoms. The average molecular weight is 318 g/mol. The number of hydrogen-bond donors (Lipinski definition) is 2. The van der Waals surface area contributed by atoms with Gasteiger partial charge in [-0.1, -0.05) is 30.3 Å². The van der Waals surface area contributed by atoms with Gasteiger partial charge in [0.1, 0.15) is 6.67 Å². The molecule has 122 valence electrons. The van der Waals surface area contributed by atoms with Gasteiger partial charge in [0.2, 0.25) is 0 Å². The summed E-state index contributed by atoms with van der Waals surface area (Å²) in [4.78, 5) is 23.0. The third-order valence-corrected chi connectivity index (χ3v) is 3.76. The van der Waals surface area contributed by atoms with Crippen LogP contribution in [0.1, 0.15) is 27.3 Å². The first-order valence-electron chi connectivity index (χ1n) is 7.24. The topological polar surface area (TPSA) is 71.3 Å². The molecule has 0 fully saturated rings. The monoisotopic (exact) mass is 318 g/mol. The Morgan fingerprint density at radius 2 is 1.91 bits per heavy atom. The molecule has 0 radical (unpaired) electrons. The number of alkyl halides is 1. The lowest BCUT2D eigenvalue weighted by molar-refractivity contribution is -0.139. The first-order valence-corrected chi connectivity index (χ1v) is 7.24. The van der Waals surface area contributed by atoms with Crippen LogP contribution >= 0.6 is 0 Å². The summed E-state index contributed by atoms with van der Waals surface area (Å²) in [6.07, 6.45) is 0. The molecule has 1 aromatic heterocycles. The largest absolute Gasteiger partial charge is 0.480 e. The van der Waals surface area contributed by atoms with E-state index in [0.717, 1.165) is 11.3 Å². The second-order valence-corrected chi connectivity index (χ2v) is 5.38. The van der Waals surface area contributed by atoms with Crippen LogP contribution in [0.2, 0.25) is 0 Å². The van der Waals surface area contributed by atoms with Crippen molar-refractivity contribution in [2.24, 2.45) is 0 Å². The molecule has 1 aromatic carbocycles. The second kappa shape index (κ2) is 7.09. The quantitative estimate of drug-likeness (QED) is 0.858. The summed E-state index contributed by atoms with van der Waals surface area (Å²) in [5, 5.41) is 11.0. The molecule has 0 saturated carbocycles. The molecule has 5 nitrogen and oxygen atoms in total. The van der Waals surface area contributed by atoms with E-state index < -0.39 is 24.6 Å². The summed E-state index contributed by atoms with van der Waals surface area (Å²) in [7, 11) is 0. The third kappa shape index (κ3) is 3.77. The normalized spacial score (nSPS) is 12.0. The van der Waals surface area contributed by atoms with E-state index in [9.17, 15) is 14.0 Å². The Balaban J connectivity index is 2.23. The number of carbonyl (C=O) groups excluding carboxylic acids is 1. The number of aliphatic carboxylic acids is 1. The number of hydrogen-bond acceptors (Lipinski definition) is 2. The number of halogens is 1. The van der Waals surface area contributed by atoms with Gasteiger partial charge in [-0.15, -0.1) is 0 Å². The number of aromatic nitrogens is 1. The number of benzene rings is 1. The predicted molar refractivity (Wildman–Crippen MR) is 84.3 cm³/mol. The van der Waals surface area contributed by atoms with Crippen molar-refractivity contribution in [1.29, 1.82) is 0 Å². The Morgan fingerprint density at radius 1 is 1.26 bits per heavy atom. The first-order chi connectivity index (χ1) is 10.9. The van der Waals surface area contributed by atoms with Gasteiger partial charge < -0.3 is 15.0 Å². The molecule has 1 amide bonds. The number of amides is 1. The molecule has 2 rings (SSSR count). The Labute approximate surface area is 133 Å². The summed E-state index contributed by atoms with van der Waals surface area (Å²) in [6.45, 7) is 3.12. The predicted octanol–water partition coefficient (Wildman–Crippen LogP) is 2.31. The minimum atomic E-state index is -1.53. The van der Waals surface area contributed by atoms with Crippen LogP contribution in [-0.2, 0) is 11.3 Å². The van der Waals surface area contributed by atoms with Crippen molar-refractivity contribution in [2.75, 3.05) is 6.67 Å². The smallest absolute Gasteiger partial charge is 0.328 e. The van der Waals surface area contributed by atoms with E-state index in [1.54, 1.807) is 13.0 Å². The van der Waals surface area contributed by atoms with Gasteiger partial charge >= 0.3 is 5.97 Å². The van der Waals surface area contributed by atoms with Gasteiger partial charge in [0.05, 0.1) is 5.56 Å². The van der Waals surface area contributed by atoms with E-state index in [-0.39, 0.29) is 0 Å². The number of rotatable bonds is 6. The Hall–Kier alpha value is -2.63. The van der Waals surface area contributed by atoms with Crippen molar-refractivity contribution in [3.63, 3.8) is 0 Å². The molecule has 1 heterocycles. The highest BCUT2D eigenvalue weighted by Crippen LogP contribution is 2.17. The Bertz CT molecular complexity index is 710. The maximum atomic E-state index is 12.7. The van der Waals surface area contributed by atoms with Gasteiger partial charge in [0, 0.05) is 17.9 Å². The molecule has 2 N–H and O–H groups in total. The highest BCUT2D eigenvalue weighted by molar-refractivity contribution is 5.97. The van der Waals surface area contributed by atoms with E-state index in [0.29, 0.717) is 17.8 Å². The van der Waals surface area contributed by atoms with E-state index in [4.69, 9.17) is 5.11 Å². The summed E-state index contributed by atoms with van der Waals surface area (Å²) in [5.74, 6) is -1.97. The maximum absolute atomic E-state index is 12.7. The molecule has 1 unspecified atom stereocenters. The summed E-state index contributed by atoms with van der Waals surface area (Å²) >= 11 is 0. The zero-order valence-corrected chi connectivity index (χ0v) is 13.0. The highest BCUT2D eigenvalue weighted by Gasteiger charge is 2.23. The molecule has 0 spiro atoms. The number of carbonyl (C=O) groups is 2. The highest BCUT2D eigenvalue weighted by atomic mass is 19.1. The van der Waals surface area contributed by atoms with E-state index in [2.05, 4.69) is 5.32 Å². The van der Waals surface area contributed by atoms with Crippen molar-refractivity contribution in [1.82, 2.24) is 9.88 Å². The molecule has 1 atom stereocenters. The maximum Gasteiger partial charge on any atom is 0.328 e. The molecule has 0 bridgehead atoms. The molecule has 2 aromatic rings. The Kier molecular flexibility index (Phi) is 5.16. The van der Waals surface area contributed by atoms with Crippen LogP contribution in [0, 0.1) is 13.8 Å². The van der Waals surface area contributed by atoms with Crippen LogP contribution in [0.5, 0.6) is 0 Å². The number of nitrogens with zero attached hydrogens (tertiary/aromatic N) is 1. The van der Waals surface area contributed by atoms with Crippen LogP contribution in [0.15, 0.2) is 36.4 Å². The van der Waals surface area contributed by atoms with Crippen LogP contribution in [0.4, 0.5) is 4.39 Å². The molecular formula is C17H19FN2O3. The van der Waals surface area contributed by atoms with Crippen LogP contribution < -0.4 is 5.32 Å². The molecule has 0 saturated heterocycles. The summed E-state index contributed by atoms with van der Waals surface area (Å²) < 4.78 is 14.6. The standard InChI is InChI=1S/C17H19FN2O3/c1-11-8-14(16(21)19-15(9-18)17(22)23)12(2)20(11)10-13-6-4-3-5-7-13/h3-8,15H,9-10H2,1-2H3,(H,19,21)(H,22,23). The number of carboxylic acid groups (broad SMARTS) is 1. The van der Waals surface area contributed by atoms with Crippen LogP contribution in [-0.4, -0.2) is 34.3 Å². The Morgan fingerprint density at radius 3 is 2.48 bits per heavy atom. The van der Waals surface area contributed by atoms with Gasteiger partial charge in [0.15, 0.2) is 6.04 Å². The fourth-order valence-corrected chi connectivity index (χ4v) is 2.44. The number of aryl methyl sites for hydroxylation is 1.